The Kier molecular flexibility index (Phi) is 5.19. The number of methoxy groups -OCH3 is 1. The highest BCUT2D eigenvalue weighted by Crippen LogP contribution is 2.23. The predicted octanol–water partition coefficient (Wildman–Crippen LogP) is 2.35. The maximum Gasteiger partial charge on any atom is 0.324 e. The average molecular weight is 304 g/mol. The van der Waals surface area contributed by atoms with Gasteiger partial charge in [-0.05, 0) is 18.4 Å². The number of nitrogens with one attached hydrogen (secondary N) is 1. The van der Waals surface area contributed by atoms with Crippen molar-refractivity contribution in [3.8, 4) is 0 Å². The zero-order chi connectivity index (χ0) is 16.2. The quantitative estimate of drug-likeness (QED) is 0.787. The van der Waals surface area contributed by atoms with Crippen LogP contribution in [0.2, 0.25) is 0 Å². The number of carbonyl (C=O) groups excluding carboxylic acids is 2. The summed E-state index contributed by atoms with van der Waals surface area (Å²) in [6.45, 7) is 4.31. The van der Waals surface area contributed by atoms with E-state index in [0.29, 0.717) is 13.0 Å². The van der Waals surface area contributed by atoms with E-state index >= 15 is 0 Å². The van der Waals surface area contributed by atoms with E-state index < -0.39 is 11.6 Å². The van der Waals surface area contributed by atoms with Crippen LogP contribution in [0.4, 0.5) is 4.79 Å². The van der Waals surface area contributed by atoms with Crippen molar-refractivity contribution in [3.63, 3.8) is 0 Å². The highest BCUT2D eigenvalue weighted by atomic mass is 16.5. The van der Waals surface area contributed by atoms with Crippen molar-refractivity contribution in [1.29, 1.82) is 0 Å². The van der Waals surface area contributed by atoms with Gasteiger partial charge in [-0.3, -0.25) is 9.69 Å². The number of urea groups is 1. The summed E-state index contributed by atoms with van der Waals surface area (Å²) >= 11 is 0. The van der Waals surface area contributed by atoms with Gasteiger partial charge in [0.15, 0.2) is 0 Å². The SMILES string of the molecule is CCC(CC)(CN1C(=O)NC(Cc2ccccc2)C1=O)OC. The first kappa shape index (κ1) is 16.5. The van der Waals surface area contributed by atoms with Gasteiger partial charge >= 0.3 is 6.03 Å². The topological polar surface area (TPSA) is 58.6 Å². The molecule has 22 heavy (non-hydrogen) atoms. The molecule has 1 aliphatic heterocycles. The molecule has 1 aromatic rings. The summed E-state index contributed by atoms with van der Waals surface area (Å²) in [7, 11) is 1.63. The van der Waals surface area contributed by atoms with Crippen molar-refractivity contribution in [2.24, 2.45) is 0 Å². The minimum Gasteiger partial charge on any atom is -0.376 e. The van der Waals surface area contributed by atoms with Crippen LogP contribution in [0, 0.1) is 0 Å². The molecule has 3 amide bonds. The van der Waals surface area contributed by atoms with Crippen LogP contribution in [0.25, 0.3) is 0 Å². The Labute approximate surface area is 131 Å². The van der Waals surface area contributed by atoms with Crippen LogP contribution in [0.3, 0.4) is 0 Å². The summed E-state index contributed by atoms with van der Waals surface area (Å²) in [5, 5.41) is 2.78. The molecule has 0 aromatic heterocycles. The largest absolute Gasteiger partial charge is 0.376 e. The molecule has 120 valence electrons. The lowest BCUT2D eigenvalue weighted by Crippen LogP contribution is -2.46. The zero-order valence-corrected chi connectivity index (χ0v) is 13.5. The first-order valence-electron chi connectivity index (χ1n) is 7.76. The fourth-order valence-corrected chi connectivity index (χ4v) is 2.83. The monoisotopic (exact) mass is 304 g/mol. The van der Waals surface area contributed by atoms with E-state index in [4.69, 9.17) is 4.74 Å². The summed E-state index contributed by atoms with van der Waals surface area (Å²) in [6, 6.07) is 8.89. The Bertz CT molecular complexity index is 518. The van der Waals surface area contributed by atoms with E-state index in [9.17, 15) is 9.59 Å². The molecule has 1 heterocycles. The molecule has 1 fully saturated rings. The van der Waals surface area contributed by atoms with E-state index in [1.165, 1.54) is 4.90 Å². The van der Waals surface area contributed by atoms with Gasteiger partial charge in [-0.1, -0.05) is 44.2 Å². The number of benzene rings is 1. The zero-order valence-electron chi connectivity index (χ0n) is 13.5. The molecule has 1 saturated heterocycles. The second-order valence-electron chi connectivity index (χ2n) is 5.71. The van der Waals surface area contributed by atoms with Crippen LogP contribution >= 0.6 is 0 Å². The van der Waals surface area contributed by atoms with E-state index in [1.54, 1.807) is 7.11 Å². The molecule has 1 atom stereocenters. The second-order valence-corrected chi connectivity index (χ2v) is 5.71. The number of ether oxygens (including phenoxy) is 1. The minimum atomic E-state index is -0.488. The van der Waals surface area contributed by atoms with E-state index in [-0.39, 0.29) is 11.9 Å². The molecule has 0 radical (unpaired) electrons. The molecule has 5 nitrogen and oxygen atoms in total. The lowest BCUT2D eigenvalue weighted by Gasteiger charge is -2.33. The van der Waals surface area contributed by atoms with Crippen molar-refractivity contribution in [2.45, 2.75) is 44.8 Å². The van der Waals surface area contributed by atoms with Crippen molar-refractivity contribution in [3.05, 3.63) is 35.9 Å². The van der Waals surface area contributed by atoms with Gasteiger partial charge in [-0.15, -0.1) is 0 Å². The Morgan fingerprint density at radius 3 is 2.36 bits per heavy atom. The molecule has 1 aliphatic rings. The van der Waals surface area contributed by atoms with Crippen molar-refractivity contribution in [2.75, 3.05) is 13.7 Å². The number of carbonyl (C=O) groups is 2. The summed E-state index contributed by atoms with van der Waals surface area (Å²) < 4.78 is 5.57. The van der Waals surface area contributed by atoms with Gasteiger partial charge in [0.25, 0.3) is 5.91 Å². The molecular formula is C17H24N2O3. The maximum atomic E-state index is 12.5. The van der Waals surface area contributed by atoms with Gasteiger partial charge in [0.2, 0.25) is 0 Å². The normalized spacial score (nSPS) is 18.7. The Morgan fingerprint density at radius 2 is 1.82 bits per heavy atom. The molecule has 0 aliphatic carbocycles. The molecule has 1 N–H and O–H groups in total. The first-order valence-corrected chi connectivity index (χ1v) is 7.76. The maximum absolute atomic E-state index is 12.5. The third-order valence-corrected chi connectivity index (χ3v) is 4.56. The van der Waals surface area contributed by atoms with Gasteiger partial charge in [-0.25, -0.2) is 4.79 Å². The van der Waals surface area contributed by atoms with Gasteiger partial charge in [-0.2, -0.15) is 0 Å². The van der Waals surface area contributed by atoms with E-state index in [2.05, 4.69) is 5.32 Å². The van der Waals surface area contributed by atoms with Crippen LogP contribution in [0.15, 0.2) is 30.3 Å². The first-order chi connectivity index (χ1) is 10.5. The Balaban J connectivity index is 2.09. The number of nitrogens with zero attached hydrogens (tertiary/aromatic N) is 1. The molecule has 0 saturated carbocycles. The Hall–Kier alpha value is -1.88. The minimum absolute atomic E-state index is 0.169. The number of hydrogen-bond donors (Lipinski definition) is 1. The summed E-state index contributed by atoms with van der Waals surface area (Å²) in [6.07, 6.45) is 2.01. The summed E-state index contributed by atoms with van der Waals surface area (Å²) in [4.78, 5) is 26.0. The van der Waals surface area contributed by atoms with Gasteiger partial charge in [0.05, 0.1) is 12.1 Å². The molecule has 1 unspecified atom stereocenters. The van der Waals surface area contributed by atoms with Crippen LogP contribution in [-0.4, -0.2) is 42.1 Å². The molecule has 5 heteroatoms. The second kappa shape index (κ2) is 6.92. The van der Waals surface area contributed by atoms with Gasteiger partial charge in [0, 0.05) is 13.5 Å². The smallest absolute Gasteiger partial charge is 0.324 e. The average Bonchev–Trinajstić information content (AvgIpc) is 2.81. The van der Waals surface area contributed by atoms with E-state index in [1.807, 2.05) is 44.2 Å². The van der Waals surface area contributed by atoms with Crippen LogP contribution in [0.1, 0.15) is 32.3 Å². The molecule has 1 aromatic carbocycles. The van der Waals surface area contributed by atoms with Crippen LogP contribution in [0.5, 0.6) is 0 Å². The van der Waals surface area contributed by atoms with Gasteiger partial charge in [0.1, 0.15) is 6.04 Å². The highest BCUT2D eigenvalue weighted by molar-refractivity contribution is 6.04. The van der Waals surface area contributed by atoms with Crippen molar-refractivity contribution >= 4 is 11.9 Å². The number of imide groups is 1. The van der Waals surface area contributed by atoms with E-state index in [0.717, 1.165) is 18.4 Å². The molecule has 0 spiro atoms. The molecular weight excluding hydrogens is 280 g/mol. The third-order valence-electron chi connectivity index (χ3n) is 4.56. The fourth-order valence-electron chi connectivity index (χ4n) is 2.83. The predicted molar refractivity (Wildman–Crippen MR) is 84.5 cm³/mol. The highest BCUT2D eigenvalue weighted by Gasteiger charge is 2.42. The van der Waals surface area contributed by atoms with Crippen molar-refractivity contribution < 1.29 is 14.3 Å². The number of rotatable bonds is 7. The summed E-state index contributed by atoms with van der Waals surface area (Å²) in [5.41, 5.74) is 0.571. The van der Waals surface area contributed by atoms with Crippen LogP contribution < -0.4 is 5.32 Å². The summed E-state index contributed by atoms with van der Waals surface area (Å²) in [5.74, 6) is -0.169. The van der Waals surface area contributed by atoms with Crippen LogP contribution in [-0.2, 0) is 16.0 Å². The Morgan fingerprint density at radius 1 is 1.18 bits per heavy atom. The number of hydrogen-bond acceptors (Lipinski definition) is 3. The fraction of sp³-hybridized carbons (Fsp3) is 0.529. The van der Waals surface area contributed by atoms with Gasteiger partial charge < -0.3 is 10.1 Å². The van der Waals surface area contributed by atoms with Crippen molar-refractivity contribution in [1.82, 2.24) is 10.2 Å². The molecule has 0 bridgehead atoms. The molecule has 2 rings (SSSR count). The lowest BCUT2D eigenvalue weighted by atomic mass is 9.96. The standard InChI is InChI=1S/C17H24N2O3/c1-4-17(5-2,22-3)12-19-15(20)14(18-16(19)21)11-13-9-7-6-8-10-13/h6-10,14H,4-5,11-12H2,1-3H3,(H,18,21). The third kappa shape index (κ3) is 3.30. The lowest BCUT2D eigenvalue weighted by molar-refractivity contribution is -0.131. The number of amides is 3.